The first kappa shape index (κ1) is 24.4. The predicted octanol–water partition coefficient (Wildman–Crippen LogP) is 4.89. The normalized spacial score (nSPS) is 56.5. The minimum Gasteiger partial charge on any atom is -0.389 e. The standard InChI is InChI=1S/C27H40O4.Ac/c1-15-5-10-27(30-14-15)16(2)24-23(31-27)13-20-18-12-22(29)21-11-17(28)6-8-25(21,3)19(18)7-9-26(20,24)4;/h11,15-16,18-20,22-24,29H,5-10,12-14H2,1-4H3;/t15?,16-,18?,19?,20?,22+,23-,24?,25+,26-,27+;/m0./s1. The van der Waals surface area contributed by atoms with E-state index in [0.29, 0.717) is 48.0 Å². The van der Waals surface area contributed by atoms with Crippen LogP contribution in [-0.4, -0.2) is 35.5 Å². The number of ketones is 1. The Bertz CT molecular complexity index is 816. The molecule has 0 bridgehead atoms. The van der Waals surface area contributed by atoms with Crippen molar-refractivity contribution in [2.24, 2.45) is 46.3 Å². The van der Waals surface area contributed by atoms with E-state index in [4.69, 9.17) is 9.47 Å². The Hall–Kier alpha value is 0.732. The molecule has 32 heavy (non-hydrogen) atoms. The van der Waals surface area contributed by atoms with Crippen LogP contribution in [0.25, 0.3) is 0 Å². The quantitative estimate of drug-likeness (QED) is 0.404. The molecule has 2 aliphatic heterocycles. The van der Waals surface area contributed by atoms with Gasteiger partial charge in [0.05, 0.1) is 18.8 Å². The van der Waals surface area contributed by atoms with Gasteiger partial charge in [0.1, 0.15) is 0 Å². The predicted molar refractivity (Wildman–Crippen MR) is 118 cm³/mol. The third-order valence-corrected chi connectivity index (χ3v) is 11.2. The molecule has 0 aromatic carbocycles. The fourth-order valence-electron chi connectivity index (χ4n) is 9.62. The van der Waals surface area contributed by atoms with Crippen LogP contribution in [0.5, 0.6) is 0 Å². The van der Waals surface area contributed by atoms with E-state index in [1.807, 2.05) is 0 Å². The maximum Gasteiger partial charge on any atom is 0.171 e. The first-order valence-electron chi connectivity index (χ1n) is 12.9. The largest absolute Gasteiger partial charge is 0.389 e. The third kappa shape index (κ3) is 3.23. The van der Waals surface area contributed by atoms with Crippen molar-refractivity contribution in [3.8, 4) is 0 Å². The van der Waals surface area contributed by atoms with Crippen LogP contribution in [-0.2, 0) is 14.3 Å². The van der Waals surface area contributed by atoms with Gasteiger partial charge in [0.25, 0.3) is 0 Å². The minimum atomic E-state index is -0.453. The number of hydrogen-bond acceptors (Lipinski definition) is 4. The molecule has 0 aromatic rings. The van der Waals surface area contributed by atoms with Gasteiger partial charge in [-0.25, -0.2) is 0 Å². The molecule has 1 radical (unpaired) electrons. The number of carbonyl (C=O) groups excluding carboxylic acids is 1. The fourth-order valence-corrected chi connectivity index (χ4v) is 9.62. The summed E-state index contributed by atoms with van der Waals surface area (Å²) in [6, 6.07) is 0. The van der Waals surface area contributed by atoms with E-state index in [-0.39, 0.29) is 66.5 Å². The summed E-state index contributed by atoms with van der Waals surface area (Å²) >= 11 is 0. The zero-order valence-electron chi connectivity index (χ0n) is 20.3. The first-order chi connectivity index (χ1) is 14.7. The van der Waals surface area contributed by atoms with Gasteiger partial charge in [-0.15, -0.1) is 0 Å². The van der Waals surface area contributed by atoms with E-state index in [9.17, 15) is 9.90 Å². The van der Waals surface area contributed by atoms with Crippen LogP contribution in [0.4, 0.5) is 0 Å². The second-order valence-corrected chi connectivity index (χ2v) is 12.6. The number of carbonyl (C=O) groups is 1. The second kappa shape index (κ2) is 8.13. The van der Waals surface area contributed by atoms with Gasteiger partial charge < -0.3 is 14.6 Å². The molecular formula is C27H40AcO4. The van der Waals surface area contributed by atoms with Gasteiger partial charge in [-0.3, -0.25) is 4.79 Å². The van der Waals surface area contributed by atoms with Gasteiger partial charge in [-0.1, -0.05) is 27.7 Å². The molecule has 5 unspecified atom stereocenters. The van der Waals surface area contributed by atoms with Crippen molar-refractivity contribution < 1.29 is 63.4 Å². The summed E-state index contributed by atoms with van der Waals surface area (Å²) in [6.45, 7) is 10.4. The summed E-state index contributed by atoms with van der Waals surface area (Å²) in [4.78, 5) is 12.1. The van der Waals surface area contributed by atoms with Crippen molar-refractivity contribution >= 4 is 5.78 Å². The number of aliphatic hydroxyl groups is 1. The van der Waals surface area contributed by atoms with Crippen LogP contribution in [0.2, 0.25) is 0 Å². The first-order valence-corrected chi connectivity index (χ1v) is 12.9. The van der Waals surface area contributed by atoms with E-state index in [2.05, 4.69) is 27.7 Å². The molecule has 4 aliphatic carbocycles. The molecule has 175 valence electrons. The van der Waals surface area contributed by atoms with Crippen LogP contribution < -0.4 is 0 Å². The fraction of sp³-hybridized carbons (Fsp3) is 0.889. The number of rotatable bonds is 0. The van der Waals surface area contributed by atoms with E-state index in [1.54, 1.807) is 6.08 Å². The molecule has 5 heteroatoms. The van der Waals surface area contributed by atoms with Crippen LogP contribution in [0.1, 0.15) is 79.1 Å². The molecule has 1 spiro atoms. The number of fused-ring (bicyclic) bond motifs is 7. The van der Waals surface area contributed by atoms with Gasteiger partial charge in [-0.2, -0.15) is 0 Å². The molecule has 1 N–H and O–H groups in total. The van der Waals surface area contributed by atoms with Crippen molar-refractivity contribution in [2.45, 2.75) is 97.1 Å². The molecule has 6 aliphatic rings. The van der Waals surface area contributed by atoms with Crippen molar-refractivity contribution in [3.63, 3.8) is 0 Å². The van der Waals surface area contributed by atoms with Crippen molar-refractivity contribution in [2.75, 3.05) is 6.61 Å². The molecule has 2 saturated heterocycles. The molecule has 0 aromatic heterocycles. The Labute approximate surface area is 229 Å². The van der Waals surface area contributed by atoms with Crippen molar-refractivity contribution in [1.82, 2.24) is 0 Å². The van der Waals surface area contributed by atoms with E-state index in [0.717, 1.165) is 37.9 Å². The Morgan fingerprint density at radius 2 is 1.84 bits per heavy atom. The summed E-state index contributed by atoms with van der Waals surface area (Å²) < 4.78 is 13.3. The van der Waals surface area contributed by atoms with Gasteiger partial charge >= 0.3 is 0 Å². The van der Waals surface area contributed by atoms with E-state index < -0.39 is 6.10 Å². The summed E-state index contributed by atoms with van der Waals surface area (Å²) in [7, 11) is 0. The molecule has 6 rings (SSSR count). The van der Waals surface area contributed by atoms with Gasteiger partial charge in [-0.05, 0) is 90.6 Å². The van der Waals surface area contributed by atoms with Crippen molar-refractivity contribution in [3.05, 3.63) is 11.6 Å². The monoisotopic (exact) mass is 655 g/mol. The van der Waals surface area contributed by atoms with Crippen LogP contribution >= 0.6 is 0 Å². The van der Waals surface area contributed by atoms with E-state index >= 15 is 0 Å². The zero-order chi connectivity index (χ0) is 21.8. The topological polar surface area (TPSA) is 55.8 Å². The summed E-state index contributed by atoms with van der Waals surface area (Å²) in [5, 5.41) is 11.1. The Morgan fingerprint density at radius 3 is 2.56 bits per heavy atom. The van der Waals surface area contributed by atoms with Gasteiger partial charge in [0.2, 0.25) is 0 Å². The van der Waals surface area contributed by atoms with Crippen LogP contribution in [0.15, 0.2) is 11.6 Å². The SMILES string of the molecule is CC1CC[C@@]2(OC1)O[C@H]1CC3C4C[C@@H](O)C5=CC(=O)CC[C@]5(C)C4CC[C@]3(C)C1[C@@H]2C.[Ac]. The van der Waals surface area contributed by atoms with Crippen LogP contribution in [0, 0.1) is 90.4 Å². The molecular weight excluding hydrogens is 615 g/mol. The summed E-state index contributed by atoms with van der Waals surface area (Å²) in [6.07, 6.45) is 9.84. The summed E-state index contributed by atoms with van der Waals surface area (Å²) in [5.74, 6) is 3.20. The average Bonchev–Trinajstić information content (AvgIpc) is 3.17. The molecule has 4 nitrogen and oxygen atoms in total. The molecule has 11 atom stereocenters. The smallest absolute Gasteiger partial charge is 0.171 e. The minimum absolute atomic E-state index is 0. The number of aliphatic hydroxyl groups excluding tert-OH is 1. The third-order valence-electron chi connectivity index (χ3n) is 11.2. The van der Waals surface area contributed by atoms with Gasteiger partial charge in [0.15, 0.2) is 11.6 Å². The number of hydrogen-bond donors (Lipinski definition) is 1. The zero-order valence-corrected chi connectivity index (χ0v) is 25.1. The van der Waals surface area contributed by atoms with E-state index in [1.165, 1.54) is 19.3 Å². The van der Waals surface area contributed by atoms with Crippen molar-refractivity contribution in [1.29, 1.82) is 0 Å². The molecule has 5 fully saturated rings. The maximum absolute atomic E-state index is 12.1. The molecule has 2 heterocycles. The number of ether oxygens (including phenoxy) is 2. The Morgan fingerprint density at radius 1 is 1.06 bits per heavy atom. The van der Waals surface area contributed by atoms with Crippen LogP contribution in [0.3, 0.4) is 0 Å². The van der Waals surface area contributed by atoms with Gasteiger partial charge in [0, 0.05) is 62.8 Å². The summed E-state index contributed by atoms with van der Waals surface area (Å²) in [5.41, 5.74) is 1.30. The maximum atomic E-state index is 12.1. The average molecular weight is 656 g/mol. The molecule has 0 amide bonds. The second-order valence-electron chi connectivity index (χ2n) is 12.6. The Balaban J connectivity index is 0.00000216. The Kier molecular flexibility index (Phi) is 6.20. The molecule has 3 saturated carbocycles.